The monoisotopic (exact) mass is 352 g/mol. The molecule has 0 atom stereocenters. The molecule has 0 aliphatic rings. The maximum Gasteiger partial charge on any atom is 0.271 e. The molecule has 0 bridgehead atoms. The third kappa shape index (κ3) is 2.84. The zero-order valence-corrected chi connectivity index (χ0v) is 14.4. The highest BCUT2D eigenvalue weighted by Crippen LogP contribution is 2.32. The van der Waals surface area contributed by atoms with Gasteiger partial charge in [0.15, 0.2) is 5.13 Å². The van der Waals surface area contributed by atoms with Crippen LogP contribution in [-0.4, -0.2) is 20.5 Å². The van der Waals surface area contributed by atoms with Gasteiger partial charge in [-0.1, -0.05) is 40.8 Å². The predicted octanol–water partition coefficient (Wildman–Crippen LogP) is 4.31. The van der Waals surface area contributed by atoms with Crippen molar-refractivity contribution in [2.45, 2.75) is 26.7 Å². The average Bonchev–Trinajstić information content (AvgIpc) is 3.10. The number of benzene rings is 1. The van der Waals surface area contributed by atoms with Crippen LogP contribution in [0, 0.1) is 6.92 Å². The number of rotatable bonds is 4. The summed E-state index contributed by atoms with van der Waals surface area (Å²) in [6, 6.07) is 3.75. The molecule has 3 rings (SSSR count). The Labute approximate surface area is 140 Å². The maximum absolute atomic E-state index is 12.4. The molecule has 8 heteroatoms. The van der Waals surface area contributed by atoms with Gasteiger partial charge in [-0.05, 0) is 42.6 Å². The van der Waals surface area contributed by atoms with Crippen LogP contribution < -0.4 is 5.32 Å². The van der Waals surface area contributed by atoms with E-state index in [0.717, 1.165) is 45.8 Å². The summed E-state index contributed by atoms with van der Waals surface area (Å²) in [6.45, 7) is 3.96. The highest BCUT2D eigenvalue weighted by Gasteiger charge is 2.18. The minimum absolute atomic E-state index is 0.207. The van der Waals surface area contributed by atoms with E-state index in [1.165, 1.54) is 11.3 Å². The van der Waals surface area contributed by atoms with Crippen LogP contribution in [0.3, 0.4) is 0 Å². The third-order valence-corrected chi connectivity index (χ3v) is 5.33. The molecule has 1 aromatic carbocycles. The zero-order chi connectivity index (χ0) is 15.7. The first kappa shape index (κ1) is 15.3. The predicted molar refractivity (Wildman–Crippen MR) is 91.2 cm³/mol. The van der Waals surface area contributed by atoms with Gasteiger partial charge in [-0.15, -0.1) is 5.10 Å². The molecule has 1 N–H and O–H groups in total. The molecule has 0 radical (unpaired) electrons. The summed E-state index contributed by atoms with van der Waals surface area (Å²) in [5, 5.41) is 8.08. The average molecular weight is 353 g/mol. The number of aromatic nitrogens is 3. The molecule has 0 unspecified atom stereocenters. The van der Waals surface area contributed by atoms with Crippen LogP contribution in [0.2, 0.25) is 5.02 Å². The number of fused-ring (bicyclic) bond motifs is 1. The molecular weight excluding hydrogens is 340 g/mol. The Kier molecular flexibility index (Phi) is 4.37. The van der Waals surface area contributed by atoms with Gasteiger partial charge in [-0.2, -0.15) is 0 Å². The molecule has 0 saturated heterocycles. The Morgan fingerprint density at radius 3 is 3.00 bits per heavy atom. The van der Waals surface area contributed by atoms with Crippen molar-refractivity contribution in [2.75, 3.05) is 5.32 Å². The lowest BCUT2D eigenvalue weighted by molar-refractivity contribution is 0.102. The van der Waals surface area contributed by atoms with Crippen LogP contribution in [0.25, 0.3) is 10.2 Å². The minimum Gasteiger partial charge on any atom is -0.297 e. The molecule has 2 heterocycles. The number of carbonyl (C=O) groups excluding carboxylic acids is 1. The summed E-state index contributed by atoms with van der Waals surface area (Å²) in [5.74, 6) is -0.207. The highest BCUT2D eigenvalue weighted by atomic mass is 35.5. The summed E-state index contributed by atoms with van der Waals surface area (Å²) in [6.07, 6.45) is 1.67. The Morgan fingerprint density at radius 2 is 2.23 bits per heavy atom. The van der Waals surface area contributed by atoms with Crippen molar-refractivity contribution in [1.82, 2.24) is 14.6 Å². The van der Waals surface area contributed by atoms with E-state index in [-0.39, 0.29) is 5.91 Å². The first-order valence-corrected chi connectivity index (χ1v) is 8.75. The fourth-order valence-electron chi connectivity index (χ4n) is 2.09. The van der Waals surface area contributed by atoms with Gasteiger partial charge in [0, 0.05) is 5.02 Å². The highest BCUT2D eigenvalue weighted by molar-refractivity contribution is 7.22. The van der Waals surface area contributed by atoms with Crippen molar-refractivity contribution in [3.05, 3.63) is 33.3 Å². The van der Waals surface area contributed by atoms with Gasteiger partial charge in [0.1, 0.15) is 4.88 Å². The maximum atomic E-state index is 12.4. The Hall–Kier alpha value is -1.57. The number of halogens is 1. The topological polar surface area (TPSA) is 67.8 Å². The second-order valence-electron chi connectivity index (χ2n) is 4.79. The summed E-state index contributed by atoms with van der Waals surface area (Å²) in [7, 11) is 0. The van der Waals surface area contributed by atoms with Gasteiger partial charge in [-0.3, -0.25) is 10.1 Å². The fourth-order valence-corrected chi connectivity index (χ4v) is 3.77. The molecule has 5 nitrogen and oxygen atoms in total. The minimum atomic E-state index is -0.207. The van der Waals surface area contributed by atoms with Crippen LogP contribution in [0.5, 0.6) is 0 Å². The SMILES string of the molecule is CCCc1nnsc1C(=O)Nc1nc2c(C)c(Cl)ccc2s1. The molecule has 2 aromatic heterocycles. The van der Waals surface area contributed by atoms with Crippen molar-refractivity contribution in [1.29, 1.82) is 0 Å². The summed E-state index contributed by atoms with van der Waals surface area (Å²) >= 11 is 8.64. The smallest absolute Gasteiger partial charge is 0.271 e. The molecule has 3 aromatic rings. The number of hydrogen-bond donors (Lipinski definition) is 1. The van der Waals surface area contributed by atoms with Crippen LogP contribution in [0.1, 0.15) is 34.3 Å². The first-order valence-electron chi connectivity index (χ1n) is 6.78. The number of hydrogen-bond acceptors (Lipinski definition) is 6. The zero-order valence-electron chi connectivity index (χ0n) is 12.0. The first-order chi connectivity index (χ1) is 10.6. The lowest BCUT2D eigenvalue weighted by Gasteiger charge is -2.00. The number of anilines is 1. The number of aryl methyl sites for hydroxylation is 2. The van der Waals surface area contributed by atoms with Crippen LogP contribution in [0.4, 0.5) is 5.13 Å². The largest absolute Gasteiger partial charge is 0.297 e. The number of nitrogens with zero attached hydrogens (tertiary/aromatic N) is 3. The number of amides is 1. The van der Waals surface area contributed by atoms with E-state index in [1.54, 1.807) is 0 Å². The summed E-state index contributed by atoms with van der Waals surface area (Å²) in [4.78, 5) is 17.4. The van der Waals surface area contributed by atoms with E-state index < -0.39 is 0 Å². The van der Waals surface area contributed by atoms with Crippen LogP contribution in [0.15, 0.2) is 12.1 Å². The Bertz CT molecular complexity index is 843. The van der Waals surface area contributed by atoms with E-state index in [2.05, 4.69) is 19.9 Å². The van der Waals surface area contributed by atoms with Gasteiger partial charge < -0.3 is 0 Å². The number of nitrogens with one attached hydrogen (secondary N) is 1. The number of thiazole rings is 1. The van der Waals surface area contributed by atoms with E-state index in [9.17, 15) is 4.79 Å². The van der Waals surface area contributed by atoms with Gasteiger partial charge in [0.2, 0.25) is 0 Å². The van der Waals surface area contributed by atoms with Gasteiger partial charge in [0.05, 0.1) is 15.9 Å². The third-order valence-electron chi connectivity index (χ3n) is 3.22. The normalized spacial score (nSPS) is 11.0. The van der Waals surface area contributed by atoms with E-state index in [0.29, 0.717) is 15.0 Å². The standard InChI is InChI=1S/C14H13ClN4OS2/c1-3-4-9-12(22-19-18-9)13(20)17-14-16-11-7(2)8(15)5-6-10(11)21-14/h5-6H,3-4H2,1-2H3,(H,16,17,20). The second-order valence-corrected chi connectivity index (χ2v) is 6.98. The quantitative estimate of drug-likeness (QED) is 0.759. The lowest BCUT2D eigenvalue weighted by atomic mass is 10.2. The number of carbonyl (C=O) groups is 1. The van der Waals surface area contributed by atoms with Crippen molar-refractivity contribution in [2.24, 2.45) is 0 Å². The van der Waals surface area contributed by atoms with Gasteiger partial charge >= 0.3 is 0 Å². The van der Waals surface area contributed by atoms with Crippen LogP contribution >= 0.6 is 34.5 Å². The van der Waals surface area contributed by atoms with Gasteiger partial charge in [0.25, 0.3) is 5.91 Å². The Balaban J connectivity index is 1.88. The van der Waals surface area contributed by atoms with E-state index in [4.69, 9.17) is 11.6 Å². The molecule has 0 aliphatic heterocycles. The second kappa shape index (κ2) is 6.28. The summed E-state index contributed by atoms with van der Waals surface area (Å²) < 4.78 is 4.86. The summed E-state index contributed by atoms with van der Waals surface area (Å²) in [5.41, 5.74) is 2.48. The van der Waals surface area contributed by atoms with E-state index in [1.807, 2.05) is 26.0 Å². The molecule has 0 spiro atoms. The molecule has 0 fully saturated rings. The van der Waals surface area contributed by atoms with Crippen molar-refractivity contribution >= 4 is 55.7 Å². The van der Waals surface area contributed by atoms with Crippen molar-refractivity contribution < 1.29 is 4.79 Å². The lowest BCUT2D eigenvalue weighted by Crippen LogP contribution is -2.12. The molecule has 0 saturated carbocycles. The molecule has 0 aliphatic carbocycles. The van der Waals surface area contributed by atoms with Crippen LogP contribution in [-0.2, 0) is 6.42 Å². The molecular formula is C14H13ClN4OS2. The van der Waals surface area contributed by atoms with Gasteiger partial charge in [-0.25, -0.2) is 4.98 Å². The molecule has 114 valence electrons. The Morgan fingerprint density at radius 1 is 1.41 bits per heavy atom. The van der Waals surface area contributed by atoms with Crippen molar-refractivity contribution in [3.8, 4) is 0 Å². The van der Waals surface area contributed by atoms with Crippen molar-refractivity contribution in [3.63, 3.8) is 0 Å². The van der Waals surface area contributed by atoms with E-state index >= 15 is 0 Å². The fraction of sp³-hybridized carbons (Fsp3) is 0.286. The molecule has 22 heavy (non-hydrogen) atoms. The molecule has 1 amide bonds.